The molecule has 0 bridgehead atoms. The van der Waals surface area contributed by atoms with Gasteiger partial charge in [0.05, 0.1) is 16.1 Å². The van der Waals surface area contributed by atoms with Gasteiger partial charge in [-0.1, -0.05) is 77.8 Å². The normalized spacial score (nSPS) is 15.1. The number of carbonyl (C=O) groups excluding carboxylic acids is 1. The molecule has 0 aliphatic carbocycles. The van der Waals surface area contributed by atoms with E-state index in [1.165, 1.54) is 24.0 Å². The minimum Gasteiger partial charge on any atom is -0.372 e. The summed E-state index contributed by atoms with van der Waals surface area (Å²) in [5, 5.41) is 4.30. The molecule has 1 fully saturated rings. The summed E-state index contributed by atoms with van der Waals surface area (Å²) in [6, 6.07) is 24.3. The number of benzene rings is 3. The van der Waals surface area contributed by atoms with Crippen LogP contribution in [0, 0.1) is 0 Å². The van der Waals surface area contributed by atoms with Crippen LogP contribution in [0.25, 0.3) is 11.1 Å². The maximum Gasteiger partial charge on any atom is 0.247 e. The number of likely N-dealkylation sites (N-methyl/N-ethyl adjacent to an activating group) is 1. The van der Waals surface area contributed by atoms with Gasteiger partial charge in [-0.3, -0.25) is 4.79 Å². The summed E-state index contributed by atoms with van der Waals surface area (Å²) in [4.78, 5) is 18.1. The van der Waals surface area contributed by atoms with E-state index in [1.807, 2.05) is 37.9 Å². The SMILES string of the molecule is CN(C(=O)C(C)(C)Nc1ccc(Cl)c(Cl)c1)C(CN1CCCC1)c1ccc(-c2ccccc2)cc1.[HH]. The van der Waals surface area contributed by atoms with E-state index in [0.717, 1.165) is 30.9 Å². The van der Waals surface area contributed by atoms with Gasteiger partial charge in [0.2, 0.25) is 5.91 Å². The summed E-state index contributed by atoms with van der Waals surface area (Å²) < 4.78 is 0. The second-order valence-corrected chi connectivity index (χ2v) is 10.6. The maximum absolute atomic E-state index is 13.8. The molecule has 186 valence electrons. The van der Waals surface area contributed by atoms with Gasteiger partial charge < -0.3 is 15.1 Å². The third kappa shape index (κ3) is 6.19. The van der Waals surface area contributed by atoms with Crippen LogP contribution in [0.4, 0.5) is 5.69 Å². The first-order chi connectivity index (χ1) is 16.7. The predicted molar refractivity (Wildman–Crippen MR) is 149 cm³/mol. The minimum absolute atomic E-state index is 0. The van der Waals surface area contributed by atoms with E-state index in [9.17, 15) is 4.79 Å². The lowest BCUT2D eigenvalue weighted by Crippen LogP contribution is -2.51. The molecule has 0 spiro atoms. The Morgan fingerprint density at radius 3 is 2.23 bits per heavy atom. The van der Waals surface area contributed by atoms with Crippen molar-refractivity contribution >= 4 is 34.8 Å². The average Bonchev–Trinajstić information content (AvgIpc) is 3.38. The van der Waals surface area contributed by atoms with Crippen LogP contribution in [0.5, 0.6) is 0 Å². The van der Waals surface area contributed by atoms with Gasteiger partial charge in [-0.05, 0) is 74.7 Å². The molecule has 1 atom stereocenters. The van der Waals surface area contributed by atoms with Crippen LogP contribution in [0.1, 0.15) is 39.7 Å². The number of rotatable bonds is 8. The molecule has 1 unspecified atom stereocenters. The van der Waals surface area contributed by atoms with E-state index >= 15 is 0 Å². The molecule has 1 saturated heterocycles. The Bertz CT molecular complexity index is 1150. The first kappa shape index (κ1) is 25.6. The van der Waals surface area contributed by atoms with Crippen LogP contribution in [0.2, 0.25) is 10.0 Å². The molecule has 0 saturated carbocycles. The van der Waals surface area contributed by atoms with Crippen molar-refractivity contribution in [2.24, 2.45) is 0 Å². The zero-order valence-electron chi connectivity index (χ0n) is 20.6. The number of nitrogens with one attached hydrogen (secondary N) is 1. The fourth-order valence-electron chi connectivity index (χ4n) is 4.76. The van der Waals surface area contributed by atoms with Crippen LogP contribution in [-0.2, 0) is 4.79 Å². The number of likely N-dealkylation sites (tertiary alicyclic amines) is 1. The second kappa shape index (κ2) is 11.0. The van der Waals surface area contributed by atoms with Crippen LogP contribution in [-0.4, -0.2) is 47.9 Å². The highest BCUT2D eigenvalue weighted by molar-refractivity contribution is 6.42. The highest BCUT2D eigenvalue weighted by Gasteiger charge is 2.35. The molecule has 3 aromatic rings. The maximum atomic E-state index is 13.8. The molecule has 4 nitrogen and oxygen atoms in total. The van der Waals surface area contributed by atoms with E-state index in [2.05, 4.69) is 58.7 Å². The monoisotopic (exact) mass is 511 g/mol. The highest BCUT2D eigenvalue weighted by Crippen LogP contribution is 2.30. The molecule has 1 amide bonds. The van der Waals surface area contributed by atoms with Gasteiger partial charge >= 0.3 is 0 Å². The van der Waals surface area contributed by atoms with Crippen molar-refractivity contribution in [2.45, 2.75) is 38.3 Å². The van der Waals surface area contributed by atoms with Crippen molar-refractivity contribution in [2.75, 3.05) is 32.0 Å². The summed E-state index contributed by atoms with van der Waals surface area (Å²) in [5.74, 6) is 0.0138. The summed E-state index contributed by atoms with van der Waals surface area (Å²) >= 11 is 12.3. The molecule has 6 heteroatoms. The zero-order valence-corrected chi connectivity index (χ0v) is 22.1. The smallest absolute Gasteiger partial charge is 0.247 e. The lowest BCUT2D eigenvalue weighted by atomic mass is 9.97. The van der Waals surface area contributed by atoms with Crippen molar-refractivity contribution in [1.82, 2.24) is 9.80 Å². The van der Waals surface area contributed by atoms with Crippen molar-refractivity contribution in [3.05, 3.63) is 88.4 Å². The number of hydrogen-bond acceptors (Lipinski definition) is 3. The number of amides is 1. The number of hydrogen-bond donors (Lipinski definition) is 1. The third-order valence-corrected chi connectivity index (χ3v) is 7.47. The lowest BCUT2D eigenvalue weighted by Gasteiger charge is -2.37. The van der Waals surface area contributed by atoms with Crippen LogP contribution >= 0.6 is 23.2 Å². The fraction of sp³-hybridized carbons (Fsp3) is 0.345. The topological polar surface area (TPSA) is 35.6 Å². The van der Waals surface area contributed by atoms with E-state index in [-0.39, 0.29) is 13.4 Å². The molecule has 1 aliphatic rings. The van der Waals surface area contributed by atoms with Gasteiger partial charge in [0.15, 0.2) is 0 Å². The third-order valence-electron chi connectivity index (χ3n) is 6.73. The van der Waals surface area contributed by atoms with Crippen molar-refractivity contribution in [1.29, 1.82) is 0 Å². The van der Waals surface area contributed by atoms with Crippen LogP contribution in [0.3, 0.4) is 0 Å². The molecule has 3 aromatic carbocycles. The van der Waals surface area contributed by atoms with Crippen LogP contribution < -0.4 is 5.32 Å². The second-order valence-electron chi connectivity index (χ2n) is 9.81. The van der Waals surface area contributed by atoms with E-state index < -0.39 is 5.54 Å². The summed E-state index contributed by atoms with van der Waals surface area (Å²) in [6.07, 6.45) is 2.42. The minimum atomic E-state index is -0.834. The molecular formula is C29H35Cl2N3O. The summed E-state index contributed by atoms with van der Waals surface area (Å²) in [6.45, 7) is 6.77. The Balaban J connectivity index is 0.00000361. The van der Waals surface area contributed by atoms with Crippen molar-refractivity contribution < 1.29 is 6.22 Å². The van der Waals surface area contributed by atoms with Crippen molar-refractivity contribution in [3.8, 4) is 11.1 Å². The largest absolute Gasteiger partial charge is 0.372 e. The Kier molecular flexibility index (Phi) is 8.05. The molecular weight excluding hydrogens is 477 g/mol. The number of halogens is 2. The fourth-order valence-corrected chi connectivity index (χ4v) is 5.06. The van der Waals surface area contributed by atoms with Gasteiger partial charge in [0.1, 0.15) is 5.54 Å². The summed E-state index contributed by atoms with van der Waals surface area (Å²) in [5.41, 5.74) is 3.42. The van der Waals surface area contributed by atoms with E-state index in [0.29, 0.717) is 10.0 Å². The van der Waals surface area contributed by atoms with Gasteiger partial charge in [0, 0.05) is 20.7 Å². The molecule has 1 N–H and O–H groups in total. The number of anilines is 1. The standard InChI is InChI=1S/C29H33Cl2N3O.H2/c1-29(2,32-24-15-16-25(30)26(31)19-24)28(35)33(3)27(20-34-17-7-8-18-34)23-13-11-22(12-14-23)21-9-5-4-6-10-21;/h4-6,9-16,19,27,32H,7-8,17-18,20H2,1-3H3;1H. The first-order valence-corrected chi connectivity index (χ1v) is 12.9. The quantitative estimate of drug-likeness (QED) is 0.342. The molecule has 0 radical (unpaired) electrons. The Morgan fingerprint density at radius 1 is 0.971 bits per heavy atom. The lowest BCUT2D eigenvalue weighted by molar-refractivity contribution is -0.136. The molecule has 35 heavy (non-hydrogen) atoms. The molecule has 1 aliphatic heterocycles. The average molecular weight is 513 g/mol. The van der Waals surface area contributed by atoms with Gasteiger partial charge in [-0.15, -0.1) is 0 Å². The number of carbonyl (C=O) groups is 1. The van der Waals surface area contributed by atoms with Gasteiger partial charge in [-0.25, -0.2) is 0 Å². The Labute approximate surface area is 220 Å². The van der Waals surface area contributed by atoms with E-state index in [4.69, 9.17) is 23.2 Å². The van der Waals surface area contributed by atoms with Gasteiger partial charge in [-0.2, -0.15) is 0 Å². The molecule has 1 heterocycles. The van der Waals surface area contributed by atoms with Gasteiger partial charge in [0.25, 0.3) is 0 Å². The zero-order chi connectivity index (χ0) is 25.0. The molecule has 4 rings (SSSR count). The van der Waals surface area contributed by atoms with Crippen molar-refractivity contribution in [3.63, 3.8) is 0 Å². The Morgan fingerprint density at radius 2 is 1.60 bits per heavy atom. The van der Waals surface area contributed by atoms with E-state index in [1.54, 1.807) is 12.1 Å². The first-order valence-electron chi connectivity index (χ1n) is 12.1. The number of nitrogens with zero attached hydrogens (tertiary/aromatic N) is 2. The predicted octanol–water partition coefficient (Wildman–Crippen LogP) is 7.39. The van der Waals surface area contributed by atoms with Crippen LogP contribution in [0.15, 0.2) is 72.8 Å². The highest BCUT2D eigenvalue weighted by atomic mass is 35.5. The summed E-state index contributed by atoms with van der Waals surface area (Å²) in [7, 11) is 1.91. The Hall–Kier alpha value is -2.53. The molecule has 0 aromatic heterocycles.